The minimum absolute atomic E-state index is 0.00204. The minimum atomic E-state index is 0.00204. The van der Waals surface area contributed by atoms with Gasteiger partial charge in [-0.15, -0.1) is 11.3 Å². The van der Waals surface area contributed by atoms with Gasteiger partial charge in [-0.2, -0.15) is 0 Å². The summed E-state index contributed by atoms with van der Waals surface area (Å²) >= 11 is 1.41. The maximum atomic E-state index is 12.6. The number of hydrogen-bond acceptors (Lipinski definition) is 6. The molecule has 0 aliphatic carbocycles. The topological polar surface area (TPSA) is 68.2 Å². The molecular formula is C15H16N4O2S. The van der Waals surface area contributed by atoms with Crippen LogP contribution in [0.5, 0.6) is 0 Å². The van der Waals surface area contributed by atoms with Crippen LogP contribution in [0.2, 0.25) is 0 Å². The van der Waals surface area contributed by atoms with Gasteiger partial charge in [0.05, 0.1) is 6.61 Å². The van der Waals surface area contributed by atoms with Crippen molar-refractivity contribution in [1.29, 1.82) is 0 Å². The van der Waals surface area contributed by atoms with E-state index in [1.807, 2.05) is 4.90 Å². The highest BCUT2D eigenvalue weighted by Gasteiger charge is 2.43. The highest BCUT2D eigenvalue weighted by atomic mass is 32.1. The Hall–Kier alpha value is -1.86. The van der Waals surface area contributed by atoms with Gasteiger partial charge < -0.3 is 9.64 Å². The maximum Gasteiger partial charge on any atom is 0.273 e. The zero-order valence-electron chi connectivity index (χ0n) is 12.1. The molecule has 114 valence electrons. The van der Waals surface area contributed by atoms with Crippen molar-refractivity contribution in [3.05, 3.63) is 29.5 Å². The first-order chi connectivity index (χ1) is 10.8. The van der Waals surface area contributed by atoms with Crippen molar-refractivity contribution in [3.63, 3.8) is 0 Å². The molecule has 2 saturated heterocycles. The first-order valence-corrected chi connectivity index (χ1v) is 8.24. The number of hydrogen-bond donors (Lipinski definition) is 0. The van der Waals surface area contributed by atoms with Crippen LogP contribution >= 0.6 is 11.3 Å². The Labute approximate surface area is 132 Å². The Morgan fingerprint density at radius 3 is 2.95 bits per heavy atom. The Morgan fingerprint density at radius 2 is 2.18 bits per heavy atom. The third-order valence-corrected chi connectivity index (χ3v) is 5.23. The fourth-order valence-electron chi connectivity index (χ4n) is 3.13. The van der Waals surface area contributed by atoms with Gasteiger partial charge in [0.2, 0.25) is 0 Å². The molecule has 6 nitrogen and oxygen atoms in total. The summed E-state index contributed by atoms with van der Waals surface area (Å²) in [7, 11) is 0. The highest BCUT2D eigenvalue weighted by Crippen LogP contribution is 2.38. The van der Waals surface area contributed by atoms with Crippen LogP contribution in [0.3, 0.4) is 0 Å². The van der Waals surface area contributed by atoms with Gasteiger partial charge in [-0.3, -0.25) is 4.79 Å². The molecule has 4 heterocycles. The second kappa shape index (κ2) is 5.40. The molecule has 0 aromatic carbocycles. The molecule has 0 N–H and O–H groups in total. The number of rotatable bonds is 2. The SMILES string of the molecule is O=C(c1csc(-c2ncccn2)n1)N1CC[C@]2(CCOC2)C1. The smallest absolute Gasteiger partial charge is 0.273 e. The molecule has 1 spiro atoms. The predicted molar refractivity (Wildman–Crippen MR) is 81.5 cm³/mol. The van der Waals surface area contributed by atoms with Crippen LogP contribution in [0.15, 0.2) is 23.8 Å². The van der Waals surface area contributed by atoms with Crippen LogP contribution < -0.4 is 0 Å². The summed E-state index contributed by atoms with van der Waals surface area (Å²) in [5.41, 5.74) is 0.667. The number of likely N-dealkylation sites (tertiary alicyclic amines) is 1. The lowest BCUT2D eigenvalue weighted by Gasteiger charge is -2.21. The summed E-state index contributed by atoms with van der Waals surface area (Å²) in [6.07, 6.45) is 5.43. The van der Waals surface area contributed by atoms with Crippen molar-refractivity contribution in [2.75, 3.05) is 26.3 Å². The Kier molecular flexibility index (Phi) is 3.38. The first kappa shape index (κ1) is 13.8. The summed E-state index contributed by atoms with van der Waals surface area (Å²) < 4.78 is 5.51. The van der Waals surface area contributed by atoms with Crippen molar-refractivity contribution < 1.29 is 9.53 Å². The maximum absolute atomic E-state index is 12.6. The third kappa shape index (κ3) is 2.40. The van der Waals surface area contributed by atoms with E-state index in [4.69, 9.17) is 4.74 Å². The molecule has 2 aromatic heterocycles. The van der Waals surface area contributed by atoms with E-state index in [0.717, 1.165) is 39.1 Å². The van der Waals surface area contributed by atoms with Crippen LogP contribution in [-0.4, -0.2) is 52.1 Å². The van der Waals surface area contributed by atoms with Crippen LogP contribution in [0.1, 0.15) is 23.3 Å². The molecule has 7 heteroatoms. The molecule has 0 saturated carbocycles. The zero-order chi connectivity index (χ0) is 15.0. The predicted octanol–water partition coefficient (Wildman–Crippen LogP) is 1.85. The lowest BCUT2D eigenvalue weighted by atomic mass is 9.87. The largest absolute Gasteiger partial charge is 0.381 e. The number of carbonyl (C=O) groups is 1. The zero-order valence-corrected chi connectivity index (χ0v) is 12.9. The van der Waals surface area contributed by atoms with Gasteiger partial charge in [-0.05, 0) is 18.9 Å². The van der Waals surface area contributed by atoms with E-state index in [0.29, 0.717) is 16.5 Å². The van der Waals surface area contributed by atoms with Gasteiger partial charge in [-0.25, -0.2) is 15.0 Å². The fraction of sp³-hybridized carbons (Fsp3) is 0.467. The number of carbonyl (C=O) groups excluding carboxylic acids is 1. The van der Waals surface area contributed by atoms with Gasteiger partial charge in [0, 0.05) is 42.9 Å². The van der Waals surface area contributed by atoms with Crippen LogP contribution in [0.25, 0.3) is 10.8 Å². The van der Waals surface area contributed by atoms with Crippen molar-refractivity contribution in [2.24, 2.45) is 5.41 Å². The van der Waals surface area contributed by atoms with Gasteiger partial charge in [0.1, 0.15) is 5.69 Å². The second-order valence-electron chi connectivity index (χ2n) is 5.89. The lowest BCUT2D eigenvalue weighted by molar-refractivity contribution is 0.0761. The van der Waals surface area contributed by atoms with Gasteiger partial charge in [0.15, 0.2) is 10.8 Å². The summed E-state index contributed by atoms with van der Waals surface area (Å²) in [5.74, 6) is 0.566. The van der Waals surface area contributed by atoms with Crippen LogP contribution in [0, 0.1) is 5.41 Å². The molecular weight excluding hydrogens is 300 g/mol. The summed E-state index contributed by atoms with van der Waals surface area (Å²) in [5, 5.41) is 2.48. The molecule has 0 unspecified atom stereocenters. The molecule has 2 fully saturated rings. The minimum Gasteiger partial charge on any atom is -0.381 e. The van der Waals surface area contributed by atoms with Crippen molar-refractivity contribution in [2.45, 2.75) is 12.8 Å². The lowest BCUT2D eigenvalue weighted by Crippen LogP contribution is -2.32. The average Bonchev–Trinajstić information content (AvgIpc) is 3.30. The van der Waals surface area contributed by atoms with E-state index < -0.39 is 0 Å². The fourth-order valence-corrected chi connectivity index (χ4v) is 3.86. The molecule has 1 amide bonds. The number of amides is 1. The summed E-state index contributed by atoms with van der Waals surface area (Å²) in [6.45, 7) is 3.16. The van der Waals surface area contributed by atoms with E-state index in [1.165, 1.54) is 11.3 Å². The molecule has 4 rings (SSSR count). The van der Waals surface area contributed by atoms with E-state index in [1.54, 1.807) is 23.8 Å². The van der Waals surface area contributed by atoms with Crippen molar-refractivity contribution in [3.8, 4) is 10.8 Å². The average molecular weight is 316 g/mol. The highest BCUT2D eigenvalue weighted by molar-refractivity contribution is 7.13. The number of thiazole rings is 1. The number of nitrogens with zero attached hydrogens (tertiary/aromatic N) is 4. The van der Waals surface area contributed by atoms with E-state index in [-0.39, 0.29) is 11.3 Å². The first-order valence-electron chi connectivity index (χ1n) is 7.36. The van der Waals surface area contributed by atoms with Gasteiger partial charge in [0.25, 0.3) is 5.91 Å². The van der Waals surface area contributed by atoms with E-state index in [2.05, 4.69) is 15.0 Å². The quantitative estimate of drug-likeness (QED) is 0.846. The summed E-state index contributed by atoms with van der Waals surface area (Å²) in [6, 6.07) is 1.76. The van der Waals surface area contributed by atoms with Crippen LogP contribution in [0.4, 0.5) is 0 Å². The standard InChI is InChI=1S/C15H16N4O2S/c20-14(19-6-2-15(9-19)3-7-21-10-15)11-8-22-13(18-11)12-16-4-1-5-17-12/h1,4-5,8H,2-3,6-7,9-10H2/t15-/m0/s1. The molecule has 1 atom stereocenters. The van der Waals surface area contributed by atoms with Gasteiger partial charge in [-0.1, -0.05) is 0 Å². The third-order valence-electron chi connectivity index (χ3n) is 4.39. The van der Waals surface area contributed by atoms with Crippen LogP contribution in [-0.2, 0) is 4.74 Å². The molecule has 2 aliphatic rings. The van der Waals surface area contributed by atoms with Crippen molar-refractivity contribution in [1.82, 2.24) is 19.9 Å². The number of ether oxygens (including phenoxy) is 1. The Balaban J connectivity index is 1.51. The monoisotopic (exact) mass is 316 g/mol. The second-order valence-corrected chi connectivity index (χ2v) is 6.75. The molecule has 0 radical (unpaired) electrons. The summed E-state index contributed by atoms with van der Waals surface area (Å²) in [4.78, 5) is 27.3. The van der Waals surface area contributed by atoms with Crippen molar-refractivity contribution >= 4 is 17.2 Å². The van der Waals surface area contributed by atoms with E-state index >= 15 is 0 Å². The molecule has 2 aliphatic heterocycles. The number of aromatic nitrogens is 3. The Bertz CT molecular complexity index is 682. The Morgan fingerprint density at radius 1 is 1.32 bits per heavy atom. The molecule has 2 aromatic rings. The normalized spacial score (nSPS) is 24.3. The van der Waals surface area contributed by atoms with E-state index in [9.17, 15) is 4.79 Å². The molecule has 0 bridgehead atoms. The van der Waals surface area contributed by atoms with Gasteiger partial charge >= 0.3 is 0 Å². The molecule has 22 heavy (non-hydrogen) atoms.